The van der Waals surface area contributed by atoms with Gasteiger partial charge in [-0.2, -0.15) is 0 Å². The first-order chi connectivity index (χ1) is 13.3. The van der Waals surface area contributed by atoms with E-state index in [-0.39, 0.29) is 31.4 Å². The van der Waals surface area contributed by atoms with Crippen molar-refractivity contribution in [2.24, 2.45) is 5.41 Å². The van der Waals surface area contributed by atoms with Gasteiger partial charge in [-0.15, -0.1) is 0 Å². The molecule has 1 fully saturated rings. The van der Waals surface area contributed by atoms with Crippen LogP contribution in [0, 0.1) is 5.41 Å². The molecule has 28 heavy (non-hydrogen) atoms. The van der Waals surface area contributed by atoms with E-state index < -0.39 is 17.4 Å². The predicted octanol–water partition coefficient (Wildman–Crippen LogP) is 1.60. The average Bonchev–Trinajstić information content (AvgIpc) is 3.08. The molecule has 1 saturated heterocycles. The summed E-state index contributed by atoms with van der Waals surface area (Å²) in [6.45, 7) is 4.20. The van der Waals surface area contributed by atoms with E-state index in [0.29, 0.717) is 30.9 Å². The van der Waals surface area contributed by atoms with Gasteiger partial charge in [-0.05, 0) is 19.4 Å². The number of aliphatic carboxylic acids is 1. The second kappa shape index (κ2) is 9.54. The van der Waals surface area contributed by atoms with Crippen molar-refractivity contribution >= 4 is 17.8 Å². The van der Waals surface area contributed by atoms with Gasteiger partial charge in [0, 0.05) is 32.7 Å². The summed E-state index contributed by atoms with van der Waals surface area (Å²) in [4.78, 5) is 37.8. The minimum Gasteiger partial charge on any atom is -0.494 e. The highest BCUT2D eigenvalue weighted by Crippen LogP contribution is 2.33. The molecule has 2 rings (SSSR count). The maximum atomic E-state index is 12.9. The molecule has 0 spiro atoms. The number of carboxylic acids is 1. The predicted molar refractivity (Wildman–Crippen MR) is 102 cm³/mol. The van der Waals surface area contributed by atoms with Crippen LogP contribution in [0.4, 0.5) is 0 Å². The van der Waals surface area contributed by atoms with Gasteiger partial charge in [0.25, 0.3) is 0 Å². The maximum Gasteiger partial charge on any atom is 0.313 e. The van der Waals surface area contributed by atoms with Gasteiger partial charge >= 0.3 is 5.97 Å². The standard InChI is InChI=1S/C20H28N2O6/c1-4-28-17-8-6-5-7-15(17)16(21-14(2)23)11-18(24)22-10-9-20(12-22,13-27-3)19(25)26/h5-8,16H,4,9-13H2,1-3H3,(H,21,23)(H,25,26). The SMILES string of the molecule is CCOc1ccccc1C(CC(=O)N1CCC(COC)(C(=O)O)C1)NC(C)=O. The number of carbonyl (C=O) groups excluding carboxylic acids is 2. The number of ether oxygens (including phenoxy) is 2. The highest BCUT2D eigenvalue weighted by atomic mass is 16.5. The lowest BCUT2D eigenvalue weighted by Gasteiger charge is -2.26. The Morgan fingerprint density at radius 1 is 1.32 bits per heavy atom. The third-order valence-electron chi connectivity index (χ3n) is 4.93. The minimum absolute atomic E-state index is 0.0202. The molecule has 0 aromatic heterocycles. The Balaban J connectivity index is 2.18. The summed E-state index contributed by atoms with van der Waals surface area (Å²) < 4.78 is 10.7. The Labute approximate surface area is 164 Å². The zero-order chi connectivity index (χ0) is 20.7. The van der Waals surface area contributed by atoms with Crippen LogP contribution in [-0.4, -0.2) is 61.2 Å². The third kappa shape index (κ3) is 5.01. The van der Waals surface area contributed by atoms with Gasteiger partial charge in [-0.3, -0.25) is 14.4 Å². The fourth-order valence-electron chi connectivity index (χ4n) is 3.56. The first-order valence-corrected chi connectivity index (χ1v) is 9.32. The number of nitrogens with zero attached hydrogens (tertiary/aromatic N) is 1. The van der Waals surface area contributed by atoms with Crippen LogP contribution in [0.15, 0.2) is 24.3 Å². The second-order valence-electron chi connectivity index (χ2n) is 7.01. The normalized spacial score (nSPS) is 19.9. The van der Waals surface area contributed by atoms with Crippen molar-refractivity contribution in [3.63, 3.8) is 0 Å². The molecule has 8 nitrogen and oxygen atoms in total. The van der Waals surface area contributed by atoms with Gasteiger partial charge in [0.15, 0.2) is 0 Å². The van der Waals surface area contributed by atoms with Gasteiger partial charge in [0.1, 0.15) is 11.2 Å². The van der Waals surface area contributed by atoms with Crippen LogP contribution in [0.2, 0.25) is 0 Å². The van der Waals surface area contributed by atoms with Crippen molar-refractivity contribution in [2.75, 3.05) is 33.4 Å². The number of benzene rings is 1. The van der Waals surface area contributed by atoms with Gasteiger partial charge in [-0.25, -0.2) is 0 Å². The van der Waals surface area contributed by atoms with Gasteiger partial charge in [-0.1, -0.05) is 18.2 Å². The number of rotatable bonds is 9. The summed E-state index contributed by atoms with van der Waals surface area (Å²) >= 11 is 0. The van der Waals surface area contributed by atoms with Crippen molar-refractivity contribution in [1.82, 2.24) is 10.2 Å². The molecule has 2 unspecified atom stereocenters. The largest absolute Gasteiger partial charge is 0.494 e. The van der Waals surface area contributed by atoms with Crippen LogP contribution < -0.4 is 10.1 Å². The summed E-state index contributed by atoms with van der Waals surface area (Å²) in [7, 11) is 1.45. The Morgan fingerprint density at radius 2 is 2.04 bits per heavy atom. The van der Waals surface area contributed by atoms with Crippen LogP contribution >= 0.6 is 0 Å². The van der Waals surface area contributed by atoms with E-state index in [1.54, 1.807) is 6.07 Å². The van der Waals surface area contributed by atoms with Crippen LogP contribution in [0.3, 0.4) is 0 Å². The highest BCUT2D eigenvalue weighted by molar-refractivity contribution is 5.82. The van der Waals surface area contributed by atoms with Crippen LogP contribution in [0.25, 0.3) is 0 Å². The monoisotopic (exact) mass is 392 g/mol. The highest BCUT2D eigenvalue weighted by Gasteiger charge is 2.46. The van der Waals surface area contributed by atoms with E-state index in [0.717, 1.165) is 0 Å². The van der Waals surface area contributed by atoms with E-state index in [1.165, 1.54) is 18.9 Å². The quantitative estimate of drug-likeness (QED) is 0.661. The van der Waals surface area contributed by atoms with E-state index in [2.05, 4.69) is 5.32 Å². The summed E-state index contributed by atoms with van der Waals surface area (Å²) in [5.74, 6) is -0.837. The zero-order valence-corrected chi connectivity index (χ0v) is 16.6. The summed E-state index contributed by atoms with van der Waals surface area (Å²) in [5, 5.41) is 12.4. The summed E-state index contributed by atoms with van der Waals surface area (Å²) in [6, 6.07) is 6.70. The number of carboxylic acid groups (broad SMARTS) is 1. The lowest BCUT2D eigenvalue weighted by atomic mass is 9.88. The van der Waals surface area contributed by atoms with Crippen LogP contribution in [0.5, 0.6) is 5.75 Å². The van der Waals surface area contributed by atoms with E-state index >= 15 is 0 Å². The van der Waals surface area contributed by atoms with Gasteiger partial charge < -0.3 is 24.8 Å². The number of methoxy groups -OCH3 is 1. The molecule has 0 bridgehead atoms. The molecular formula is C20H28N2O6. The molecule has 1 heterocycles. The molecule has 0 saturated carbocycles. The molecule has 2 atom stereocenters. The third-order valence-corrected chi connectivity index (χ3v) is 4.93. The molecule has 1 aliphatic heterocycles. The first kappa shape index (κ1) is 21.7. The van der Waals surface area contributed by atoms with Gasteiger partial charge in [0.2, 0.25) is 11.8 Å². The average molecular weight is 392 g/mol. The molecule has 1 aliphatic rings. The van der Waals surface area contributed by atoms with Crippen molar-refractivity contribution in [3.8, 4) is 5.75 Å². The minimum atomic E-state index is -1.09. The van der Waals surface area contributed by atoms with Crippen molar-refractivity contribution in [2.45, 2.75) is 32.7 Å². The maximum absolute atomic E-state index is 12.9. The summed E-state index contributed by atoms with van der Waals surface area (Å²) in [5.41, 5.74) is -0.370. The number of hydrogen-bond donors (Lipinski definition) is 2. The number of carbonyl (C=O) groups is 3. The first-order valence-electron chi connectivity index (χ1n) is 9.32. The van der Waals surface area contributed by atoms with E-state index in [1.807, 2.05) is 25.1 Å². The van der Waals surface area contributed by atoms with Crippen LogP contribution in [0.1, 0.15) is 38.3 Å². The van der Waals surface area contributed by atoms with Crippen LogP contribution in [-0.2, 0) is 19.1 Å². The number of nitrogens with one attached hydrogen (secondary N) is 1. The van der Waals surface area contributed by atoms with E-state index in [4.69, 9.17) is 9.47 Å². The van der Waals surface area contributed by atoms with Crippen molar-refractivity contribution in [3.05, 3.63) is 29.8 Å². The number of amides is 2. The Morgan fingerprint density at radius 3 is 2.64 bits per heavy atom. The van der Waals surface area contributed by atoms with Crippen molar-refractivity contribution < 1.29 is 29.0 Å². The van der Waals surface area contributed by atoms with E-state index in [9.17, 15) is 19.5 Å². The van der Waals surface area contributed by atoms with Gasteiger partial charge in [0.05, 0.1) is 25.7 Å². The smallest absolute Gasteiger partial charge is 0.313 e. The lowest BCUT2D eigenvalue weighted by molar-refractivity contribution is -0.151. The molecule has 154 valence electrons. The Hall–Kier alpha value is -2.61. The molecule has 8 heteroatoms. The Kier molecular flexibility index (Phi) is 7.39. The molecule has 0 radical (unpaired) electrons. The molecule has 1 aromatic carbocycles. The lowest BCUT2D eigenvalue weighted by Crippen LogP contribution is -2.41. The fraction of sp³-hybridized carbons (Fsp3) is 0.550. The summed E-state index contributed by atoms with van der Waals surface area (Å²) in [6.07, 6.45) is 0.356. The second-order valence-corrected chi connectivity index (χ2v) is 7.01. The topological polar surface area (TPSA) is 105 Å². The number of likely N-dealkylation sites (tertiary alicyclic amines) is 1. The molecule has 0 aliphatic carbocycles. The van der Waals surface area contributed by atoms with Crippen molar-refractivity contribution in [1.29, 1.82) is 0 Å². The Bertz CT molecular complexity index is 722. The molecule has 2 amide bonds. The number of para-hydroxylation sites is 1. The molecular weight excluding hydrogens is 364 g/mol. The molecule has 1 aromatic rings. The number of hydrogen-bond acceptors (Lipinski definition) is 5. The molecule has 2 N–H and O–H groups in total. The fourth-order valence-corrected chi connectivity index (χ4v) is 3.56. The zero-order valence-electron chi connectivity index (χ0n) is 16.6.